The molecule has 2 fully saturated rings. The Balaban J connectivity index is 1.93. The first kappa shape index (κ1) is 9.81. The van der Waals surface area contributed by atoms with Gasteiger partial charge in [0.15, 0.2) is 0 Å². The van der Waals surface area contributed by atoms with Crippen LogP contribution in [-0.2, 0) is 4.74 Å². The molecule has 1 atom stereocenters. The van der Waals surface area contributed by atoms with Crippen molar-refractivity contribution in [3.05, 3.63) is 0 Å². The van der Waals surface area contributed by atoms with E-state index in [1.54, 1.807) is 0 Å². The van der Waals surface area contributed by atoms with Crippen LogP contribution in [0.3, 0.4) is 0 Å². The zero-order valence-electron chi connectivity index (χ0n) is 8.42. The molecule has 2 saturated heterocycles. The van der Waals surface area contributed by atoms with Crippen LogP contribution in [0, 0.1) is 0 Å². The van der Waals surface area contributed by atoms with Crippen molar-refractivity contribution in [2.24, 2.45) is 0 Å². The van der Waals surface area contributed by atoms with Gasteiger partial charge in [-0.1, -0.05) is 0 Å². The maximum absolute atomic E-state index is 5.54. The molecule has 0 bridgehead atoms. The third-order valence-corrected chi connectivity index (χ3v) is 3.98. The molecule has 0 aromatic carbocycles. The number of ether oxygens (including phenoxy) is 1. The van der Waals surface area contributed by atoms with Crippen LogP contribution in [-0.4, -0.2) is 48.8 Å². The average molecular weight is 201 g/mol. The van der Waals surface area contributed by atoms with E-state index in [-0.39, 0.29) is 0 Å². The summed E-state index contributed by atoms with van der Waals surface area (Å²) in [5.74, 6) is 1.27. The molecule has 0 saturated carbocycles. The van der Waals surface area contributed by atoms with Crippen molar-refractivity contribution in [2.45, 2.75) is 24.8 Å². The van der Waals surface area contributed by atoms with Crippen molar-refractivity contribution < 1.29 is 4.74 Å². The summed E-state index contributed by atoms with van der Waals surface area (Å²) in [4.78, 5) is 2.66. The van der Waals surface area contributed by atoms with Gasteiger partial charge in [-0.25, -0.2) is 0 Å². The van der Waals surface area contributed by atoms with Crippen LogP contribution < -0.4 is 0 Å². The van der Waals surface area contributed by atoms with E-state index in [1.165, 1.54) is 38.1 Å². The van der Waals surface area contributed by atoms with Crippen LogP contribution in [0.4, 0.5) is 0 Å². The average Bonchev–Trinajstić information content (AvgIpc) is 2.75. The maximum Gasteiger partial charge on any atom is 0.0651 e. The van der Waals surface area contributed by atoms with Gasteiger partial charge in [0.25, 0.3) is 0 Å². The summed E-state index contributed by atoms with van der Waals surface area (Å²) >= 11 is 1.95. The molecule has 0 aliphatic carbocycles. The molecule has 0 aromatic rings. The summed E-state index contributed by atoms with van der Waals surface area (Å²) in [6, 6.07) is 0. The Morgan fingerprint density at radius 2 is 2.38 bits per heavy atom. The molecule has 2 aliphatic rings. The number of thioether (sulfide) groups is 1. The standard InChI is InChI=1S/C10H19NOS/c1-13-8-6-11-5-2-3-10(11)4-7-12-9-10/h2-9H2,1H3. The minimum absolute atomic E-state index is 0.454. The molecule has 2 aliphatic heterocycles. The fourth-order valence-corrected chi connectivity index (χ4v) is 2.99. The van der Waals surface area contributed by atoms with Gasteiger partial charge in [-0.3, -0.25) is 4.90 Å². The maximum atomic E-state index is 5.54. The summed E-state index contributed by atoms with van der Waals surface area (Å²) in [6.45, 7) is 4.52. The number of nitrogens with zero attached hydrogens (tertiary/aromatic N) is 1. The molecular formula is C10H19NOS. The Morgan fingerprint density at radius 1 is 1.46 bits per heavy atom. The van der Waals surface area contributed by atoms with E-state index in [0.717, 1.165) is 13.2 Å². The third kappa shape index (κ3) is 1.88. The van der Waals surface area contributed by atoms with E-state index < -0.39 is 0 Å². The van der Waals surface area contributed by atoms with Gasteiger partial charge in [0.2, 0.25) is 0 Å². The molecular weight excluding hydrogens is 182 g/mol. The molecule has 0 radical (unpaired) electrons. The van der Waals surface area contributed by atoms with E-state index >= 15 is 0 Å². The molecule has 3 heteroatoms. The lowest BCUT2D eigenvalue weighted by Crippen LogP contribution is -2.45. The molecule has 2 nitrogen and oxygen atoms in total. The smallest absolute Gasteiger partial charge is 0.0651 e. The summed E-state index contributed by atoms with van der Waals surface area (Å²) in [6.07, 6.45) is 6.19. The molecule has 0 N–H and O–H groups in total. The highest BCUT2D eigenvalue weighted by Crippen LogP contribution is 2.36. The van der Waals surface area contributed by atoms with Gasteiger partial charge in [0.05, 0.1) is 6.61 Å². The van der Waals surface area contributed by atoms with Crippen molar-refractivity contribution >= 4 is 11.8 Å². The molecule has 1 spiro atoms. The zero-order valence-corrected chi connectivity index (χ0v) is 9.24. The Bertz CT molecular complexity index is 163. The fraction of sp³-hybridized carbons (Fsp3) is 1.00. The monoisotopic (exact) mass is 201 g/mol. The van der Waals surface area contributed by atoms with Crippen LogP contribution >= 0.6 is 11.8 Å². The van der Waals surface area contributed by atoms with Crippen LogP contribution in [0.5, 0.6) is 0 Å². The number of likely N-dealkylation sites (tertiary alicyclic amines) is 1. The first-order valence-electron chi connectivity index (χ1n) is 5.19. The minimum atomic E-state index is 0.454. The second-order valence-electron chi connectivity index (χ2n) is 4.11. The second-order valence-corrected chi connectivity index (χ2v) is 5.10. The van der Waals surface area contributed by atoms with E-state index in [2.05, 4.69) is 11.2 Å². The third-order valence-electron chi connectivity index (χ3n) is 3.39. The summed E-state index contributed by atoms with van der Waals surface area (Å²) in [5, 5.41) is 0. The van der Waals surface area contributed by atoms with Crippen LogP contribution in [0.25, 0.3) is 0 Å². The predicted molar refractivity (Wildman–Crippen MR) is 57.4 cm³/mol. The van der Waals surface area contributed by atoms with Gasteiger partial charge < -0.3 is 4.74 Å². The summed E-state index contributed by atoms with van der Waals surface area (Å²) in [5.41, 5.74) is 0.454. The highest BCUT2D eigenvalue weighted by molar-refractivity contribution is 7.98. The highest BCUT2D eigenvalue weighted by Gasteiger charge is 2.43. The van der Waals surface area contributed by atoms with E-state index in [4.69, 9.17) is 4.74 Å². The van der Waals surface area contributed by atoms with Crippen LogP contribution in [0.2, 0.25) is 0 Å². The van der Waals surface area contributed by atoms with Crippen molar-refractivity contribution in [1.29, 1.82) is 0 Å². The quantitative estimate of drug-likeness (QED) is 0.688. The van der Waals surface area contributed by atoms with E-state index in [1.807, 2.05) is 11.8 Å². The Labute approximate surface area is 85.0 Å². The molecule has 2 heterocycles. The molecule has 0 aromatic heterocycles. The predicted octanol–water partition coefficient (Wildman–Crippen LogP) is 1.60. The number of hydrogen-bond donors (Lipinski definition) is 0. The van der Waals surface area contributed by atoms with Gasteiger partial charge in [-0.15, -0.1) is 0 Å². The van der Waals surface area contributed by atoms with Crippen molar-refractivity contribution in [3.8, 4) is 0 Å². The normalized spacial score (nSPS) is 34.8. The van der Waals surface area contributed by atoms with E-state index in [9.17, 15) is 0 Å². The van der Waals surface area contributed by atoms with Gasteiger partial charge in [-0.2, -0.15) is 11.8 Å². The number of hydrogen-bond acceptors (Lipinski definition) is 3. The first-order valence-corrected chi connectivity index (χ1v) is 6.58. The van der Waals surface area contributed by atoms with Crippen LogP contribution in [0.15, 0.2) is 0 Å². The topological polar surface area (TPSA) is 12.5 Å². The lowest BCUT2D eigenvalue weighted by Gasteiger charge is -2.33. The summed E-state index contributed by atoms with van der Waals surface area (Å²) < 4.78 is 5.54. The molecule has 0 amide bonds. The lowest BCUT2D eigenvalue weighted by molar-refractivity contribution is 0.107. The highest BCUT2D eigenvalue weighted by atomic mass is 32.2. The molecule has 76 valence electrons. The molecule has 2 rings (SSSR count). The van der Waals surface area contributed by atoms with Gasteiger partial charge in [0.1, 0.15) is 0 Å². The Morgan fingerprint density at radius 3 is 3.08 bits per heavy atom. The van der Waals surface area contributed by atoms with Gasteiger partial charge in [-0.05, 0) is 32.1 Å². The van der Waals surface area contributed by atoms with Crippen molar-refractivity contribution in [2.75, 3.05) is 38.3 Å². The van der Waals surface area contributed by atoms with Gasteiger partial charge >= 0.3 is 0 Å². The van der Waals surface area contributed by atoms with Gasteiger partial charge in [0, 0.05) is 24.4 Å². The lowest BCUT2D eigenvalue weighted by atomic mass is 9.95. The first-order chi connectivity index (χ1) is 6.37. The number of rotatable bonds is 3. The summed E-state index contributed by atoms with van der Waals surface area (Å²) in [7, 11) is 0. The fourth-order valence-electron chi connectivity index (χ4n) is 2.59. The zero-order chi connectivity index (χ0) is 9.15. The molecule has 1 unspecified atom stereocenters. The second kappa shape index (κ2) is 4.20. The largest absolute Gasteiger partial charge is 0.379 e. The Hall–Kier alpha value is 0.270. The minimum Gasteiger partial charge on any atom is -0.379 e. The molecule has 13 heavy (non-hydrogen) atoms. The van der Waals surface area contributed by atoms with Crippen LogP contribution in [0.1, 0.15) is 19.3 Å². The SMILES string of the molecule is CSCCN1CCCC12CCOC2. The Kier molecular flexibility index (Phi) is 3.17. The van der Waals surface area contributed by atoms with Crippen molar-refractivity contribution in [3.63, 3.8) is 0 Å². The van der Waals surface area contributed by atoms with Crippen molar-refractivity contribution in [1.82, 2.24) is 4.90 Å². The van der Waals surface area contributed by atoms with E-state index in [0.29, 0.717) is 5.54 Å².